The summed E-state index contributed by atoms with van der Waals surface area (Å²) >= 11 is 0. The van der Waals surface area contributed by atoms with Crippen LogP contribution < -0.4 is 5.32 Å². The van der Waals surface area contributed by atoms with Crippen molar-refractivity contribution in [3.05, 3.63) is 90.5 Å². The number of anilines is 1. The van der Waals surface area contributed by atoms with E-state index in [1.54, 1.807) is 17.0 Å². The molecule has 2 amide bonds. The molecule has 0 spiro atoms. The maximum absolute atomic E-state index is 13.2. The van der Waals surface area contributed by atoms with E-state index in [0.29, 0.717) is 18.5 Å². The molecule has 1 fully saturated rings. The van der Waals surface area contributed by atoms with Gasteiger partial charge in [-0.05, 0) is 49.7 Å². The van der Waals surface area contributed by atoms with Crippen LogP contribution in [0, 0.1) is 0 Å². The highest BCUT2D eigenvalue weighted by molar-refractivity contribution is 6.10. The maximum atomic E-state index is 13.2. The van der Waals surface area contributed by atoms with E-state index in [0.717, 1.165) is 34.1 Å². The lowest BCUT2D eigenvalue weighted by molar-refractivity contribution is -0.119. The van der Waals surface area contributed by atoms with E-state index in [1.807, 2.05) is 42.5 Å². The second kappa shape index (κ2) is 8.00. The van der Waals surface area contributed by atoms with Crippen LogP contribution in [0.4, 0.5) is 5.69 Å². The smallest absolute Gasteiger partial charge is 0.254 e. The first kappa shape index (κ1) is 20.1. The van der Waals surface area contributed by atoms with Gasteiger partial charge in [-0.2, -0.15) is 0 Å². The molecule has 1 N–H and O–H groups in total. The van der Waals surface area contributed by atoms with Gasteiger partial charge in [-0.1, -0.05) is 48.6 Å². The second-order valence-corrected chi connectivity index (χ2v) is 8.25. The second-order valence-electron chi connectivity index (χ2n) is 8.25. The minimum Gasteiger partial charge on any atom is -0.341 e. The fourth-order valence-electron chi connectivity index (χ4n) is 4.69. The summed E-state index contributed by atoms with van der Waals surface area (Å²) in [7, 11) is 0. The summed E-state index contributed by atoms with van der Waals surface area (Å²) in [4.78, 5) is 27.9. The highest BCUT2D eigenvalue weighted by Gasteiger charge is 2.36. The lowest BCUT2D eigenvalue weighted by Crippen LogP contribution is -2.43. The number of benzene rings is 3. The van der Waals surface area contributed by atoms with Crippen molar-refractivity contribution in [3.8, 4) is 0 Å². The molecule has 1 aliphatic rings. The molecular weight excluding hydrogens is 398 g/mol. The zero-order valence-corrected chi connectivity index (χ0v) is 18.0. The van der Waals surface area contributed by atoms with Crippen LogP contribution in [0.2, 0.25) is 0 Å². The first-order chi connectivity index (χ1) is 15.6. The van der Waals surface area contributed by atoms with Gasteiger partial charge >= 0.3 is 0 Å². The van der Waals surface area contributed by atoms with E-state index in [9.17, 15) is 9.59 Å². The van der Waals surface area contributed by atoms with Crippen LogP contribution in [0.1, 0.15) is 23.7 Å². The number of aryl methyl sites for hydroxylation is 1. The van der Waals surface area contributed by atoms with Crippen LogP contribution in [0.25, 0.3) is 21.8 Å². The number of para-hydroxylation sites is 1. The fraction of sp³-hybridized carbons (Fsp3) is 0.185. The average molecular weight is 424 g/mol. The van der Waals surface area contributed by atoms with Crippen molar-refractivity contribution >= 4 is 39.3 Å². The van der Waals surface area contributed by atoms with Crippen molar-refractivity contribution in [1.82, 2.24) is 9.47 Å². The molecule has 0 aliphatic carbocycles. The molecule has 160 valence electrons. The lowest BCUT2D eigenvalue weighted by Gasteiger charge is -2.23. The summed E-state index contributed by atoms with van der Waals surface area (Å²) in [5.41, 5.74) is 4.51. The number of rotatable bonds is 4. The van der Waals surface area contributed by atoms with Gasteiger partial charge in [-0.25, -0.2) is 0 Å². The van der Waals surface area contributed by atoms with E-state index in [2.05, 4.69) is 41.6 Å². The lowest BCUT2D eigenvalue weighted by atomic mass is 10.1. The molecule has 0 bridgehead atoms. The van der Waals surface area contributed by atoms with E-state index in [1.165, 1.54) is 5.52 Å². The fourth-order valence-corrected chi connectivity index (χ4v) is 4.69. The van der Waals surface area contributed by atoms with Crippen molar-refractivity contribution in [2.75, 3.05) is 11.9 Å². The molecule has 1 aromatic heterocycles. The Kier molecular flexibility index (Phi) is 5.02. The summed E-state index contributed by atoms with van der Waals surface area (Å²) < 4.78 is 2.28. The maximum Gasteiger partial charge on any atom is 0.254 e. The molecule has 3 aromatic carbocycles. The van der Waals surface area contributed by atoms with E-state index in [4.69, 9.17) is 0 Å². The SMILES string of the molecule is C=C1C[C@@H](C(=O)Nc2ccc3c(c2)c2ccccc2n3CC)N(C(=O)c2ccccc2)C1. The molecule has 1 aliphatic heterocycles. The zero-order chi connectivity index (χ0) is 22.2. The molecule has 5 nitrogen and oxygen atoms in total. The Morgan fingerprint density at radius 3 is 2.47 bits per heavy atom. The summed E-state index contributed by atoms with van der Waals surface area (Å²) in [6, 6.07) is 22.8. The molecule has 4 aromatic rings. The van der Waals surface area contributed by atoms with Crippen molar-refractivity contribution in [2.24, 2.45) is 0 Å². The molecule has 1 atom stereocenters. The number of aromatic nitrogens is 1. The van der Waals surface area contributed by atoms with Gasteiger partial charge in [0.2, 0.25) is 5.91 Å². The number of fused-ring (bicyclic) bond motifs is 3. The predicted molar refractivity (Wildman–Crippen MR) is 129 cm³/mol. The third kappa shape index (κ3) is 3.36. The van der Waals surface area contributed by atoms with Gasteiger partial charge < -0.3 is 14.8 Å². The zero-order valence-electron chi connectivity index (χ0n) is 18.0. The minimum absolute atomic E-state index is 0.147. The van der Waals surface area contributed by atoms with Crippen LogP contribution in [-0.4, -0.2) is 33.9 Å². The third-order valence-electron chi connectivity index (χ3n) is 6.19. The molecular formula is C27H25N3O2. The van der Waals surface area contributed by atoms with E-state index < -0.39 is 6.04 Å². The van der Waals surface area contributed by atoms with Crippen LogP contribution in [0.5, 0.6) is 0 Å². The Labute approximate surface area is 186 Å². The Hall–Kier alpha value is -3.86. The number of hydrogen-bond acceptors (Lipinski definition) is 2. The molecule has 32 heavy (non-hydrogen) atoms. The molecule has 0 saturated carbocycles. The number of amides is 2. The number of carbonyl (C=O) groups is 2. The van der Waals surface area contributed by atoms with E-state index >= 15 is 0 Å². The first-order valence-electron chi connectivity index (χ1n) is 10.9. The summed E-state index contributed by atoms with van der Waals surface area (Å²) in [5, 5.41) is 5.31. The van der Waals surface area contributed by atoms with Crippen molar-refractivity contribution in [3.63, 3.8) is 0 Å². The summed E-state index contributed by atoms with van der Waals surface area (Å²) in [5.74, 6) is -0.336. The van der Waals surface area contributed by atoms with Crippen molar-refractivity contribution < 1.29 is 9.59 Å². The number of hydrogen-bond donors (Lipinski definition) is 1. The van der Waals surface area contributed by atoms with Gasteiger partial charge in [0.25, 0.3) is 5.91 Å². The highest BCUT2D eigenvalue weighted by atomic mass is 16.2. The topological polar surface area (TPSA) is 54.3 Å². The first-order valence-corrected chi connectivity index (χ1v) is 10.9. The predicted octanol–water partition coefficient (Wildman–Crippen LogP) is 5.22. The standard InChI is InChI=1S/C27H25N3O2/c1-3-29-23-12-8-7-11-21(23)22-16-20(13-14-24(22)29)28-26(31)25-15-18(2)17-30(25)27(32)19-9-5-4-6-10-19/h4-14,16,25H,2-3,15,17H2,1H3,(H,28,31)/t25-/m0/s1. The average Bonchev–Trinajstić information content (AvgIpc) is 3.37. The van der Waals surface area contributed by atoms with Crippen molar-refractivity contribution in [1.29, 1.82) is 0 Å². The Bertz CT molecular complexity index is 1350. The molecule has 2 heterocycles. The Balaban J connectivity index is 1.44. The molecule has 0 radical (unpaired) electrons. The molecule has 5 rings (SSSR count). The van der Waals surface area contributed by atoms with Gasteiger partial charge in [0, 0.05) is 46.1 Å². The van der Waals surface area contributed by atoms with Crippen LogP contribution >= 0.6 is 0 Å². The Morgan fingerprint density at radius 2 is 1.69 bits per heavy atom. The van der Waals surface area contributed by atoms with Gasteiger partial charge in [0.1, 0.15) is 6.04 Å². The van der Waals surface area contributed by atoms with Crippen LogP contribution in [0.3, 0.4) is 0 Å². The normalized spacial score (nSPS) is 16.1. The minimum atomic E-state index is -0.567. The largest absolute Gasteiger partial charge is 0.341 e. The van der Waals surface area contributed by atoms with Gasteiger partial charge in [0.15, 0.2) is 0 Å². The molecule has 0 unspecified atom stereocenters. The third-order valence-corrected chi connectivity index (χ3v) is 6.19. The monoisotopic (exact) mass is 423 g/mol. The summed E-state index contributed by atoms with van der Waals surface area (Å²) in [6.45, 7) is 7.43. The number of carbonyl (C=O) groups excluding carboxylic acids is 2. The number of nitrogens with zero attached hydrogens (tertiary/aromatic N) is 2. The summed E-state index contributed by atoms with van der Waals surface area (Å²) in [6.07, 6.45) is 0.474. The van der Waals surface area contributed by atoms with Crippen LogP contribution in [0.15, 0.2) is 84.9 Å². The number of likely N-dealkylation sites (tertiary alicyclic amines) is 1. The molecule has 1 saturated heterocycles. The highest BCUT2D eigenvalue weighted by Crippen LogP contribution is 2.31. The van der Waals surface area contributed by atoms with E-state index in [-0.39, 0.29) is 11.8 Å². The van der Waals surface area contributed by atoms with Gasteiger partial charge in [-0.15, -0.1) is 0 Å². The quantitative estimate of drug-likeness (QED) is 0.457. The van der Waals surface area contributed by atoms with Crippen LogP contribution in [-0.2, 0) is 11.3 Å². The molecule has 5 heteroatoms. The Morgan fingerprint density at radius 1 is 0.969 bits per heavy atom. The van der Waals surface area contributed by atoms with Crippen molar-refractivity contribution in [2.45, 2.75) is 25.9 Å². The van der Waals surface area contributed by atoms with Gasteiger partial charge in [-0.3, -0.25) is 9.59 Å². The van der Waals surface area contributed by atoms with Gasteiger partial charge in [0.05, 0.1) is 0 Å². The number of nitrogens with one attached hydrogen (secondary N) is 1.